The second-order valence-electron chi connectivity index (χ2n) is 13.2. The Morgan fingerprint density at radius 2 is 1.63 bits per heavy atom. The molecule has 0 saturated heterocycles. The molecule has 3 nitrogen and oxygen atoms in total. The van der Waals surface area contributed by atoms with Crippen molar-refractivity contribution in [2.24, 2.45) is 0 Å². The highest BCUT2D eigenvalue weighted by molar-refractivity contribution is 5.98. The molecule has 4 aromatic rings. The first kappa shape index (κ1) is 21.8. The van der Waals surface area contributed by atoms with Gasteiger partial charge in [0, 0.05) is 10.8 Å². The molecule has 4 aliphatic rings. The fourth-order valence-corrected chi connectivity index (χ4v) is 8.31. The van der Waals surface area contributed by atoms with Crippen LogP contribution in [-0.2, 0) is 16.4 Å². The zero-order valence-electron chi connectivity index (χ0n) is 22.6. The molecular weight excluding hydrogens is 426 g/mol. The third-order valence-electron chi connectivity index (χ3n) is 10.7. The van der Waals surface area contributed by atoms with Gasteiger partial charge in [-0.05, 0) is 92.2 Å². The Bertz CT molecular complexity index is 1540. The number of nitrogens with zero attached hydrogens (tertiary/aromatic N) is 3. The molecule has 8 rings (SSSR count). The minimum atomic E-state index is -0.0585. The molecule has 2 atom stereocenters. The molecule has 3 heterocycles. The maximum absolute atomic E-state index is 5.42. The van der Waals surface area contributed by atoms with E-state index < -0.39 is 0 Å². The van der Waals surface area contributed by atoms with Gasteiger partial charge in [0.15, 0.2) is 11.0 Å². The van der Waals surface area contributed by atoms with Crippen LogP contribution < -0.4 is 4.57 Å². The normalized spacial score (nSPS) is 29.6. The standard InChI is InChI=1S/C32H40N3/c1-8-31(6)23-11-10-12-24-27(23)28-34(29(33-24)30(3,4)5)25-17-21-19-13-15-20(16-14-19)22(21)18-26(25)35(28)32(31,7)9-2/h10-12,17-20H,8-9,13-16H2,1-7H3/q+1. The summed E-state index contributed by atoms with van der Waals surface area (Å²) in [6.45, 7) is 16.8. The molecule has 0 radical (unpaired) electrons. The van der Waals surface area contributed by atoms with Gasteiger partial charge < -0.3 is 0 Å². The van der Waals surface area contributed by atoms with Crippen molar-refractivity contribution in [3.63, 3.8) is 0 Å². The van der Waals surface area contributed by atoms with Crippen molar-refractivity contribution in [1.29, 1.82) is 0 Å². The van der Waals surface area contributed by atoms with Crippen molar-refractivity contribution in [2.45, 2.75) is 115 Å². The van der Waals surface area contributed by atoms with Gasteiger partial charge in [-0.2, -0.15) is 4.40 Å². The summed E-state index contributed by atoms with van der Waals surface area (Å²) in [6.07, 6.45) is 7.68. The molecule has 0 amide bonds. The van der Waals surface area contributed by atoms with Crippen LogP contribution in [0.2, 0.25) is 0 Å². The molecule has 3 heteroatoms. The number of benzene rings is 2. The van der Waals surface area contributed by atoms with E-state index in [9.17, 15) is 0 Å². The summed E-state index contributed by atoms with van der Waals surface area (Å²) in [7, 11) is 0. The molecule has 1 aliphatic heterocycles. The van der Waals surface area contributed by atoms with Gasteiger partial charge in [0.2, 0.25) is 5.82 Å². The lowest BCUT2D eigenvalue weighted by Crippen LogP contribution is -2.66. The molecule has 2 aromatic heterocycles. The second kappa shape index (κ2) is 6.66. The van der Waals surface area contributed by atoms with Crippen LogP contribution in [0, 0.1) is 0 Å². The lowest BCUT2D eigenvalue weighted by molar-refractivity contribution is -0.728. The molecular formula is C32H40N3+. The topological polar surface area (TPSA) is 21.2 Å². The summed E-state index contributed by atoms with van der Waals surface area (Å²) in [5.41, 5.74) is 10.0. The van der Waals surface area contributed by atoms with Crippen molar-refractivity contribution in [2.75, 3.05) is 0 Å². The van der Waals surface area contributed by atoms with Crippen molar-refractivity contribution >= 4 is 27.6 Å². The van der Waals surface area contributed by atoms with Crippen molar-refractivity contribution in [3.05, 3.63) is 52.8 Å². The predicted octanol–water partition coefficient (Wildman–Crippen LogP) is 7.79. The number of imidazole rings is 1. The first-order valence-electron chi connectivity index (χ1n) is 14.0. The summed E-state index contributed by atoms with van der Waals surface area (Å²) in [5.74, 6) is 2.67. The van der Waals surface area contributed by atoms with Crippen molar-refractivity contribution in [1.82, 2.24) is 9.38 Å². The molecule has 2 aromatic carbocycles. The van der Waals surface area contributed by atoms with Gasteiger partial charge in [-0.1, -0.05) is 53.7 Å². The molecule has 3 aliphatic carbocycles. The Balaban J connectivity index is 1.78. The first-order valence-corrected chi connectivity index (χ1v) is 14.0. The monoisotopic (exact) mass is 466 g/mol. The van der Waals surface area contributed by atoms with E-state index in [1.807, 2.05) is 0 Å². The van der Waals surface area contributed by atoms with Crippen LogP contribution in [0.5, 0.6) is 0 Å². The van der Waals surface area contributed by atoms with Gasteiger partial charge in [0.05, 0.1) is 10.9 Å². The maximum Gasteiger partial charge on any atom is 0.299 e. The average molecular weight is 467 g/mol. The van der Waals surface area contributed by atoms with Gasteiger partial charge in [0.25, 0.3) is 5.65 Å². The van der Waals surface area contributed by atoms with Gasteiger partial charge in [0.1, 0.15) is 5.54 Å². The minimum absolute atomic E-state index is 0.0194. The van der Waals surface area contributed by atoms with Crippen molar-refractivity contribution < 1.29 is 4.57 Å². The summed E-state index contributed by atoms with van der Waals surface area (Å²) < 4.78 is 5.35. The van der Waals surface area contributed by atoms with Crippen LogP contribution in [0.4, 0.5) is 0 Å². The van der Waals surface area contributed by atoms with Crippen LogP contribution in [0.15, 0.2) is 30.3 Å². The van der Waals surface area contributed by atoms with Crippen LogP contribution in [0.25, 0.3) is 27.6 Å². The summed E-state index contributed by atoms with van der Waals surface area (Å²) in [4.78, 5) is 5.42. The van der Waals surface area contributed by atoms with Gasteiger partial charge in [-0.15, -0.1) is 0 Å². The Morgan fingerprint density at radius 1 is 0.971 bits per heavy atom. The van der Waals surface area contributed by atoms with Crippen LogP contribution in [0.1, 0.15) is 121 Å². The van der Waals surface area contributed by atoms with E-state index in [0.717, 1.165) is 30.2 Å². The Morgan fingerprint density at radius 3 is 2.23 bits per heavy atom. The van der Waals surface area contributed by atoms with Gasteiger partial charge >= 0.3 is 0 Å². The third kappa shape index (κ3) is 2.43. The largest absolute Gasteiger partial charge is 0.299 e. The molecule has 0 spiro atoms. The van der Waals surface area contributed by atoms with Crippen LogP contribution in [-0.4, -0.2) is 9.38 Å². The quantitative estimate of drug-likeness (QED) is 0.276. The number of hydrogen-bond donors (Lipinski definition) is 0. The van der Waals surface area contributed by atoms with Crippen LogP contribution in [0.3, 0.4) is 0 Å². The lowest BCUT2D eigenvalue weighted by Gasteiger charge is -2.47. The first-order chi connectivity index (χ1) is 16.6. The molecule has 1 saturated carbocycles. The average Bonchev–Trinajstić information content (AvgIpc) is 3.20. The van der Waals surface area contributed by atoms with Gasteiger partial charge in [-0.3, -0.25) is 0 Å². The molecule has 0 N–H and O–H groups in total. The van der Waals surface area contributed by atoms with E-state index in [2.05, 4.69) is 87.8 Å². The maximum atomic E-state index is 5.42. The van der Waals surface area contributed by atoms with E-state index in [-0.39, 0.29) is 16.4 Å². The van der Waals surface area contributed by atoms with Crippen LogP contribution >= 0.6 is 0 Å². The second-order valence-corrected chi connectivity index (χ2v) is 13.2. The number of hydrogen-bond acceptors (Lipinski definition) is 1. The highest BCUT2D eigenvalue weighted by atomic mass is 15.2. The highest BCUT2D eigenvalue weighted by Crippen LogP contribution is 2.53. The summed E-state index contributed by atoms with van der Waals surface area (Å²) in [6, 6.07) is 12.1. The zero-order valence-corrected chi connectivity index (χ0v) is 22.6. The van der Waals surface area contributed by atoms with E-state index in [1.54, 1.807) is 11.1 Å². The molecule has 182 valence electrons. The molecule has 2 bridgehead atoms. The molecule has 35 heavy (non-hydrogen) atoms. The fourth-order valence-electron chi connectivity index (χ4n) is 8.31. The molecule has 2 unspecified atom stereocenters. The number of aromatic nitrogens is 3. The summed E-state index contributed by atoms with van der Waals surface area (Å²) >= 11 is 0. The SMILES string of the molecule is CCC1(C)c2cccc3nc(C(C)(C)C)n4c5cc6c(cc5[n+](c4c23)C1(C)CC)C1CCC6CC1. The number of rotatable bonds is 2. The van der Waals surface area contributed by atoms with Crippen molar-refractivity contribution in [3.8, 4) is 0 Å². The lowest BCUT2D eigenvalue weighted by atomic mass is 9.62. The minimum Gasteiger partial charge on any atom is -0.216 e. The molecule has 1 fully saturated rings. The van der Waals surface area contributed by atoms with E-state index in [1.165, 1.54) is 59.1 Å². The van der Waals surface area contributed by atoms with E-state index in [4.69, 9.17) is 4.98 Å². The van der Waals surface area contributed by atoms with Gasteiger partial charge in [-0.25, -0.2) is 9.55 Å². The fraction of sp³-hybridized carbons (Fsp3) is 0.562. The van der Waals surface area contributed by atoms with E-state index >= 15 is 0 Å². The number of fused-ring (bicyclic) bond motifs is 5. The Hall–Kier alpha value is -2.42. The van der Waals surface area contributed by atoms with E-state index in [0.29, 0.717) is 0 Å². The smallest absolute Gasteiger partial charge is 0.216 e. The predicted molar refractivity (Wildman–Crippen MR) is 145 cm³/mol. The third-order valence-corrected chi connectivity index (χ3v) is 10.7. The highest BCUT2D eigenvalue weighted by Gasteiger charge is 2.55. The Kier molecular flexibility index (Phi) is 4.16. The Labute approximate surface area is 209 Å². The summed E-state index contributed by atoms with van der Waals surface area (Å²) in [5, 5.41) is 1.37. The zero-order chi connectivity index (χ0) is 24.5.